The van der Waals surface area contributed by atoms with Crippen LogP contribution in [0.15, 0.2) is 11.8 Å². The van der Waals surface area contributed by atoms with E-state index in [-0.39, 0.29) is 42.1 Å². The molecule has 3 aliphatic heterocycles. The molecule has 0 amide bonds. The largest absolute Gasteiger partial charge is 0.472 e. The van der Waals surface area contributed by atoms with Gasteiger partial charge in [0.2, 0.25) is 6.29 Å². The Labute approximate surface area is 231 Å². The van der Waals surface area contributed by atoms with Crippen LogP contribution >= 0.6 is 0 Å². The summed E-state index contributed by atoms with van der Waals surface area (Å²) in [6.45, 7) is 3.47. The van der Waals surface area contributed by atoms with E-state index < -0.39 is 73.5 Å². The molecule has 0 spiro atoms. The molecule has 2 aliphatic carbocycles. The van der Waals surface area contributed by atoms with Crippen molar-refractivity contribution in [2.75, 3.05) is 20.3 Å². The van der Waals surface area contributed by atoms with Crippen LogP contribution in [-0.2, 0) is 42.8 Å². The van der Waals surface area contributed by atoms with Gasteiger partial charge in [0.25, 0.3) is 0 Å². The molecule has 0 unspecified atom stereocenters. The molecule has 4 N–H and O–H groups in total. The number of fused-ring (bicyclic) bond motifs is 2. The van der Waals surface area contributed by atoms with Gasteiger partial charge in [-0.05, 0) is 37.0 Å². The van der Waals surface area contributed by atoms with Crippen molar-refractivity contribution in [3.8, 4) is 0 Å². The number of rotatable bonds is 6. The highest BCUT2D eigenvalue weighted by atomic mass is 16.8. The normalized spacial score (nSPS) is 46.4. The molecule has 0 bridgehead atoms. The van der Waals surface area contributed by atoms with E-state index in [1.807, 2.05) is 13.8 Å². The predicted octanol–water partition coefficient (Wildman–Crippen LogP) is -0.765. The Kier molecular flexibility index (Phi) is 8.42. The van der Waals surface area contributed by atoms with E-state index in [4.69, 9.17) is 28.4 Å². The van der Waals surface area contributed by atoms with Gasteiger partial charge in [-0.2, -0.15) is 0 Å². The lowest BCUT2D eigenvalue weighted by atomic mass is 9.80. The molecule has 2 saturated carbocycles. The summed E-state index contributed by atoms with van der Waals surface area (Å²) in [4.78, 5) is 38.0. The van der Waals surface area contributed by atoms with Crippen LogP contribution < -0.4 is 0 Å². The van der Waals surface area contributed by atoms with E-state index in [9.17, 15) is 34.8 Å². The van der Waals surface area contributed by atoms with Crippen LogP contribution in [-0.4, -0.2) is 102 Å². The van der Waals surface area contributed by atoms with Gasteiger partial charge in [0, 0.05) is 17.8 Å². The van der Waals surface area contributed by atoms with E-state index in [1.54, 1.807) is 0 Å². The molecule has 2 saturated heterocycles. The number of methoxy groups -OCH3 is 1. The van der Waals surface area contributed by atoms with Crippen LogP contribution in [0.25, 0.3) is 0 Å². The van der Waals surface area contributed by atoms with Crippen molar-refractivity contribution >= 4 is 17.9 Å². The molecule has 13 heteroatoms. The fourth-order valence-electron chi connectivity index (χ4n) is 7.18. The molecule has 5 rings (SSSR count). The molecular formula is C27H38O13. The maximum absolute atomic E-state index is 13.4. The second-order valence-electron chi connectivity index (χ2n) is 11.6. The Hall–Kier alpha value is -2.29. The lowest BCUT2D eigenvalue weighted by Gasteiger charge is -2.43. The van der Waals surface area contributed by atoms with Crippen molar-refractivity contribution in [2.24, 2.45) is 41.4 Å². The molecule has 14 atom stereocenters. The molecule has 0 radical (unpaired) electrons. The van der Waals surface area contributed by atoms with Gasteiger partial charge in [-0.25, -0.2) is 4.79 Å². The van der Waals surface area contributed by atoms with Crippen molar-refractivity contribution in [1.29, 1.82) is 0 Å². The van der Waals surface area contributed by atoms with Crippen molar-refractivity contribution in [1.82, 2.24) is 0 Å². The first-order valence-electron chi connectivity index (χ1n) is 13.8. The van der Waals surface area contributed by atoms with Crippen molar-refractivity contribution in [2.45, 2.75) is 76.2 Å². The van der Waals surface area contributed by atoms with Crippen molar-refractivity contribution in [3.63, 3.8) is 0 Å². The topological polar surface area (TPSA) is 188 Å². The Bertz CT molecular complexity index is 1000. The minimum Gasteiger partial charge on any atom is -0.472 e. The smallest absolute Gasteiger partial charge is 0.337 e. The zero-order valence-corrected chi connectivity index (χ0v) is 22.7. The summed E-state index contributed by atoms with van der Waals surface area (Å²) >= 11 is 0. The Morgan fingerprint density at radius 3 is 2.50 bits per heavy atom. The third-order valence-corrected chi connectivity index (χ3v) is 9.58. The van der Waals surface area contributed by atoms with E-state index in [0.717, 1.165) is 6.42 Å². The maximum Gasteiger partial charge on any atom is 0.337 e. The summed E-state index contributed by atoms with van der Waals surface area (Å²) in [5.41, 5.74) is 0.349. The Morgan fingerprint density at radius 1 is 1.05 bits per heavy atom. The second kappa shape index (κ2) is 11.5. The number of carbonyl (C=O) groups excluding carboxylic acids is 3. The molecular weight excluding hydrogens is 532 g/mol. The number of ether oxygens (including phenoxy) is 6. The number of carbonyl (C=O) groups is 3. The van der Waals surface area contributed by atoms with Crippen LogP contribution in [0.3, 0.4) is 0 Å². The van der Waals surface area contributed by atoms with E-state index in [0.29, 0.717) is 18.4 Å². The fourth-order valence-corrected chi connectivity index (χ4v) is 7.18. The van der Waals surface area contributed by atoms with Crippen molar-refractivity contribution in [3.05, 3.63) is 11.8 Å². The van der Waals surface area contributed by atoms with Gasteiger partial charge in [0.1, 0.15) is 30.5 Å². The lowest BCUT2D eigenvalue weighted by molar-refractivity contribution is -0.342. The number of aliphatic hydroxyl groups is 4. The molecule has 0 aromatic heterocycles. The monoisotopic (exact) mass is 570 g/mol. The van der Waals surface area contributed by atoms with Crippen LogP contribution in [0, 0.1) is 41.4 Å². The number of hydrogen-bond acceptors (Lipinski definition) is 13. The van der Waals surface area contributed by atoms with Gasteiger partial charge in [-0.15, -0.1) is 0 Å². The minimum absolute atomic E-state index is 0.0774. The first-order valence-corrected chi connectivity index (χ1v) is 13.8. The number of aliphatic hydroxyl groups excluding tert-OH is 4. The van der Waals surface area contributed by atoms with Crippen LogP contribution in [0.1, 0.15) is 33.1 Å². The summed E-state index contributed by atoms with van der Waals surface area (Å²) in [6.07, 6.45) is -5.55. The van der Waals surface area contributed by atoms with Gasteiger partial charge in [-0.1, -0.05) is 13.8 Å². The van der Waals surface area contributed by atoms with Crippen LogP contribution in [0.5, 0.6) is 0 Å². The van der Waals surface area contributed by atoms with Crippen LogP contribution in [0.2, 0.25) is 0 Å². The quantitative estimate of drug-likeness (QED) is 0.177. The minimum atomic E-state index is -1.59. The molecule has 40 heavy (non-hydrogen) atoms. The highest BCUT2D eigenvalue weighted by Crippen LogP contribution is 2.49. The van der Waals surface area contributed by atoms with E-state index in [1.165, 1.54) is 13.4 Å². The van der Waals surface area contributed by atoms with Gasteiger partial charge < -0.3 is 48.8 Å². The van der Waals surface area contributed by atoms with Gasteiger partial charge in [-0.3, -0.25) is 9.59 Å². The summed E-state index contributed by atoms with van der Waals surface area (Å²) in [5, 5.41) is 40.1. The summed E-state index contributed by atoms with van der Waals surface area (Å²) in [5.74, 6) is -4.01. The molecule has 0 aromatic carbocycles. The lowest BCUT2D eigenvalue weighted by Crippen LogP contribution is -2.60. The van der Waals surface area contributed by atoms with E-state index >= 15 is 0 Å². The number of esters is 3. The first kappa shape index (κ1) is 29.2. The summed E-state index contributed by atoms with van der Waals surface area (Å²) < 4.78 is 33.3. The molecule has 224 valence electrons. The summed E-state index contributed by atoms with van der Waals surface area (Å²) in [6, 6.07) is 0. The zero-order chi connectivity index (χ0) is 28.9. The predicted molar refractivity (Wildman–Crippen MR) is 130 cm³/mol. The molecule has 0 aromatic rings. The third kappa shape index (κ3) is 5.01. The van der Waals surface area contributed by atoms with Gasteiger partial charge in [0.05, 0.1) is 32.2 Å². The standard InChI is InChI=1S/C27H38O13/c1-10-4-5-12-15(9-37-26(18(10)12)40-27-22(31)21(30)20(29)17(7-28)39-27)23(32)38-16-6-13-14(11(16)2)8-36-25(34)19(13)24(33)35-3/h9-14,16-22,26-31H,4-8H2,1-3H3/t10-,11+,12+,13-,14+,16-,17+,18-,19-,20+,21-,22+,26-,27-/m0/s1. The average molecular weight is 571 g/mol. The third-order valence-electron chi connectivity index (χ3n) is 9.58. The summed E-state index contributed by atoms with van der Waals surface area (Å²) in [7, 11) is 1.22. The van der Waals surface area contributed by atoms with Gasteiger partial charge >= 0.3 is 17.9 Å². The fraction of sp³-hybridized carbons (Fsp3) is 0.815. The van der Waals surface area contributed by atoms with Gasteiger partial charge in [0.15, 0.2) is 12.2 Å². The molecule has 5 aliphatic rings. The Morgan fingerprint density at radius 2 is 1.80 bits per heavy atom. The molecule has 4 fully saturated rings. The highest BCUT2D eigenvalue weighted by Gasteiger charge is 2.55. The second-order valence-corrected chi connectivity index (χ2v) is 11.6. The Balaban J connectivity index is 1.28. The maximum atomic E-state index is 13.4. The molecule has 13 nitrogen and oxygen atoms in total. The SMILES string of the molecule is COC(=O)[C@H]1C(=O)OC[C@@H]2[C@@H](C)[C@@H](OC(=O)C3=CO[C@@H](O[C@@H]4O[C@H](CO)[C@@H](O)[C@H](O)[C@H]4O)[C@@H]4[C@@H]3CC[C@@H]4C)C[C@H]12. The average Bonchev–Trinajstić information content (AvgIpc) is 3.48. The van der Waals surface area contributed by atoms with Crippen LogP contribution in [0.4, 0.5) is 0 Å². The number of hydrogen-bond donors (Lipinski definition) is 4. The molecule has 3 heterocycles. The first-order chi connectivity index (χ1) is 19.1. The highest BCUT2D eigenvalue weighted by molar-refractivity contribution is 5.96. The van der Waals surface area contributed by atoms with E-state index in [2.05, 4.69) is 0 Å². The zero-order valence-electron chi connectivity index (χ0n) is 22.7. The number of cyclic esters (lactones) is 1. The van der Waals surface area contributed by atoms with Crippen molar-refractivity contribution < 1.29 is 63.2 Å².